The second-order valence-electron chi connectivity index (χ2n) is 6.66. The molecule has 1 aromatic rings. The maximum atomic E-state index is 13.7. The van der Waals surface area contributed by atoms with Crippen LogP contribution in [-0.2, 0) is 23.8 Å². The van der Waals surface area contributed by atoms with E-state index in [1.165, 1.54) is 12.0 Å². The molecule has 1 aromatic carbocycles. The van der Waals surface area contributed by atoms with Crippen LogP contribution in [0.3, 0.4) is 0 Å². The molecule has 1 spiro atoms. The first-order chi connectivity index (χ1) is 13.0. The van der Waals surface area contributed by atoms with E-state index in [2.05, 4.69) is 5.32 Å². The summed E-state index contributed by atoms with van der Waals surface area (Å²) < 4.78 is 43.5. The van der Waals surface area contributed by atoms with E-state index < -0.39 is 35.2 Å². The molecule has 27 heavy (non-hydrogen) atoms. The number of aldehydes is 1. The zero-order valence-corrected chi connectivity index (χ0v) is 15.0. The predicted molar refractivity (Wildman–Crippen MR) is 90.0 cm³/mol. The van der Waals surface area contributed by atoms with Gasteiger partial charge in [-0.15, -0.1) is 0 Å². The summed E-state index contributed by atoms with van der Waals surface area (Å²) in [6.07, 6.45) is 0.599. The number of nitrogens with zero attached hydrogens (tertiary/aromatic N) is 1. The van der Waals surface area contributed by atoms with E-state index in [4.69, 9.17) is 14.2 Å². The lowest BCUT2D eigenvalue weighted by atomic mass is 9.90. The first-order valence-corrected chi connectivity index (χ1v) is 8.64. The molecule has 0 radical (unpaired) electrons. The number of carbonyl (C=O) groups is 2. The van der Waals surface area contributed by atoms with Crippen LogP contribution in [0.5, 0.6) is 0 Å². The first kappa shape index (κ1) is 19.8. The lowest BCUT2D eigenvalue weighted by molar-refractivity contribution is -0.156. The zero-order valence-electron chi connectivity index (χ0n) is 15.0. The molecule has 2 aliphatic heterocycles. The number of methoxy groups -OCH3 is 1. The molecule has 7 nitrogen and oxygen atoms in total. The van der Waals surface area contributed by atoms with Gasteiger partial charge in [0.25, 0.3) is 0 Å². The predicted octanol–water partition coefficient (Wildman–Crippen LogP) is 0.437. The van der Waals surface area contributed by atoms with Crippen LogP contribution in [0.2, 0.25) is 0 Å². The number of nitrogens with one attached hydrogen (secondary N) is 1. The zero-order chi connectivity index (χ0) is 19.4. The Balaban J connectivity index is 2.00. The summed E-state index contributed by atoms with van der Waals surface area (Å²) in [5.41, 5.74) is -0.907. The lowest BCUT2D eigenvalue weighted by Gasteiger charge is -2.47. The van der Waals surface area contributed by atoms with Gasteiger partial charge in [0.2, 0.25) is 5.91 Å². The second-order valence-corrected chi connectivity index (χ2v) is 6.66. The van der Waals surface area contributed by atoms with Crippen LogP contribution in [0.4, 0.5) is 8.78 Å². The van der Waals surface area contributed by atoms with Gasteiger partial charge < -0.3 is 23.9 Å². The van der Waals surface area contributed by atoms with Gasteiger partial charge in [0.1, 0.15) is 29.5 Å². The molecule has 0 aromatic heterocycles. The Bertz CT molecular complexity index is 674. The molecule has 0 aliphatic carbocycles. The molecule has 2 saturated heterocycles. The van der Waals surface area contributed by atoms with Crippen molar-refractivity contribution in [2.24, 2.45) is 0 Å². The Morgan fingerprint density at radius 1 is 1.30 bits per heavy atom. The highest BCUT2D eigenvalue weighted by molar-refractivity contribution is 5.90. The van der Waals surface area contributed by atoms with Crippen LogP contribution in [0.1, 0.15) is 11.6 Å². The summed E-state index contributed by atoms with van der Waals surface area (Å²) in [6.45, 7) is 0.988. The summed E-state index contributed by atoms with van der Waals surface area (Å²) in [5, 5.41) is 3.12. The molecule has 2 aliphatic rings. The van der Waals surface area contributed by atoms with Crippen molar-refractivity contribution < 1.29 is 32.6 Å². The van der Waals surface area contributed by atoms with Crippen LogP contribution in [0.15, 0.2) is 18.2 Å². The van der Waals surface area contributed by atoms with Crippen molar-refractivity contribution in [3.05, 3.63) is 35.4 Å². The van der Waals surface area contributed by atoms with Crippen molar-refractivity contribution in [2.45, 2.75) is 17.6 Å². The smallest absolute Gasteiger partial charge is 0.248 e. The van der Waals surface area contributed by atoms with Gasteiger partial charge in [-0.05, 0) is 17.7 Å². The molecule has 3 rings (SSSR count). The van der Waals surface area contributed by atoms with Crippen molar-refractivity contribution in [3.63, 3.8) is 0 Å². The number of rotatable bonds is 5. The molecule has 2 fully saturated rings. The first-order valence-electron chi connectivity index (χ1n) is 8.64. The normalized spacial score (nSPS) is 23.9. The summed E-state index contributed by atoms with van der Waals surface area (Å²) >= 11 is 0. The third-order valence-corrected chi connectivity index (χ3v) is 4.80. The minimum atomic E-state index is -1.16. The number of benzene rings is 1. The highest BCUT2D eigenvalue weighted by atomic mass is 19.1. The van der Waals surface area contributed by atoms with Crippen LogP contribution >= 0.6 is 0 Å². The standard InChI is InChI=1S/C18H22F2N2O5/c1-25-9-15(8-23)22-16(12-4-13(19)6-14(20)5-12)7-21-18(17(22)24)10-26-2-3-27-11-18/h4-6,8,15-16,21H,2-3,7,9-11H2,1H3. The van der Waals surface area contributed by atoms with E-state index in [-0.39, 0.29) is 31.9 Å². The minimum Gasteiger partial charge on any atom is -0.382 e. The van der Waals surface area contributed by atoms with Crippen molar-refractivity contribution in [3.8, 4) is 0 Å². The molecular weight excluding hydrogens is 362 g/mol. The maximum Gasteiger partial charge on any atom is 0.248 e. The van der Waals surface area contributed by atoms with Crippen molar-refractivity contribution >= 4 is 12.2 Å². The highest BCUT2D eigenvalue weighted by Gasteiger charge is 2.50. The Hall–Kier alpha value is -1.94. The third kappa shape index (κ3) is 4.01. The van der Waals surface area contributed by atoms with E-state index in [9.17, 15) is 18.4 Å². The summed E-state index contributed by atoms with van der Waals surface area (Å²) in [5.74, 6) is -1.94. The molecule has 2 heterocycles. The highest BCUT2D eigenvalue weighted by Crippen LogP contribution is 2.32. The monoisotopic (exact) mass is 384 g/mol. The van der Waals surface area contributed by atoms with E-state index >= 15 is 0 Å². The van der Waals surface area contributed by atoms with E-state index in [1.54, 1.807) is 0 Å². The number of halogens is 2. The fourth-order valence-electron chi connectivity index (χ4n) is 3.52. The second kappa shape index (κ2) is 8.39. The fourth-order valence-corrected chi connectivity index (χ4v) is 3.52. The number of amides is 1. The Morgan fingerprint density at radius 2 is 1.93 bits per heavy atom. The van der Waals surface area contributed by atoms with Gasteiger partial charge in [0.15, 0.2) is 0 Å². The SMILES string of the molecule is COCC(C=O)N1C(=O)C2(COCCOC2)NCC1c1cc(F)cc(F)c1. The van der Waals surface area contributed by atoms with Crippen LogP contribution < -0.4 is 5.32 Å². The van der Waals surface area contributed by atoms with Gasteiger partial charge in [-0.3, -0.25) is 10.1 Å². The average molecular weight is 384 g/mol. The molecule has 1 N–H and O–H groups in total. The number of piperazine rings is 1. The molecule has 148 valence electrons. The molecule has 1 amide bonds. The maximum absolute atomic E-state index is 13.7. The third-order valence-electron chi connectivity index (χ3n) is 4.80. The quantitative estimate of drug-likeness (QED) is 0.743. The van der Waals surface area contributed by atoms with E-state index in [1.807, 2.05) is 0 Å². The number of ether oxygens (including phenoxy) is 3. The fraction of sp³-hybridized carbons (Fsp3) is 0.556. The minimum absolute atomic E-state index is 0.0403. The largest absolute Gasteiger partial charge is 0.382 e. The van der Waals surface area contributed by atoms with Gasteiger partial charge >= 0.3 is 0 Å². The van der Waals surface area contributed by atoms with Crippen LogP contribution in [0.25, 0.3) is 0 Å². The number of carbonyl (C=O) groups excluding carboxylic acids is 2. The molecule has 2 atom stereocenters. The summed E-state index contributed by atoms with van der Waals surface area (Å²) in [7, 11) is 1.41. The summed E-state index contributed by atoms with van der Waals surface area (Å²) in [6, 6.07) is 1.40. The molecule has 0 bridgehead atoms. The van der Waals surface area contributed by atoms with Gasteiger partial charge in [-0.1, -0.05) is 0 Å². The van der Waals surface area contributed by atoms with Gasteiger partial charge in [0.05, 0.1) is 39.1 Å². The molecule has 9 heteroatoms. The molecule has 0 saturated carbocycles. The molecular formula is C18H22F2N2O5. The van der Waals surface area contributed by atoms with Crippen molar-refractivity contribution in [1.29, 1.82) is 0 Å². The number of hydrogen-bond donors (Lipinski definition) is 1. The average Bonchev–Trinajstić information content (AvgIpc) is 2.88. The molecule has 2 unspecified atom stereocenters. The van der Waals surface area contributed by atoms with Crippen LogP contribution in [-0.4, -0.2) is 75.4 Å². The van der Waals surface area contributed by atoms with Crippen molar-refractivity contribution in [2.75, 3.05) is 46.7 Å². The van der Waals surface area contributed by atoms with Crippen LogP contribution in [0, 0.1) is 11.6 Å². The van der Waals surface area contributed by atoms with Gasteiger partial charge in [-0.25, -0.2) is 8.78 Å². The summed E-state index contributed by atoms with van der Waals surface area (Å²) in [4.78, 5) is 26.4. The Kier molecular flexibility index (Phi) is 6.15. The van der Waals surface area contributed by atoms with E-state index in [0.717, 1.165) is 18.2 Å². The Morgan fingerprint density at radius 3 is 2.48 bits per heavy atom. The topological polar surface area (TPSA) is 77.1 Å². The lowest BCUT2D eigenvalue weighted by Crippen LogP contribution is -2.71. The number of hydrogen-bond acceptors (Lipinski definition) is 6. The van der Waals surface area contributed by atoms with Gasteiger partial charge in [0, 0.05) is 19.7 Å². The van der Waals surface area contributed by atoms with E-state index in [0.29, 0.717) is 19.5 Å². The van der Waals surface area contributed by atoms with Gasteiger partial charge in [-0.2, -0.15) is 0 Å². The Labute approximate surface area is 155 Å². The van der Waals surface area contributed by atoms with Crippen molar-refractivity contribution in [1.82, 2.24) is 10.2 Å².